The first-order valence-corrected chi connectivity index (χ1v) is 6.38. The van der Waals surface area contributed by atoms with Crippen molar-refractivity contribution in [3.8, 4) is 0 Å². The average Bonchev–Trinajstić information content (AvgIpc) is 2.42. The fourth-order valence-electron chi connectivity index (χ4n) is 2.75. The van der Waals surface area contributed by atoms with Crippen molar-refractivity contribution in [1.29, 1.82) is 0 Å². The zero-order chi connectivity index (χ0) is 11.5. The molecular formula is C12H23N3O. The predicted octanol–water partition coefficient (Wildman–Crippen LogP) is 0.149. The minimum Gasteiger partial charge on any atom is -0.337 e. The molecule has 0 aliphatic carbocycles. The lowest BCUT2D eigenvalue weighted by Crippen LogP contribution is -2.50. The third-order valence-electron chi connectivity index (χ3n) is 3.73. The maximum atomic E-state index is 12.2. The monoisotopic (exact) mass is 225 g/mol. The fourth-order valence-corrected chi connectivity index (χ4v) is 2.75. The molecule has 4 heteroatoms. The van der Waals surface area contributed by atoms with Gasteiger partial charge in [-0.05, 0) is 26.4 Å². The van der Waals surface area contributed by atoms with Crippen LogP contribution in [-0.2, 0) is 4.79 Å². The van der Waals surface area contributed by atoms with Gasteiger partial charge in [0.05, 0.1) is 0 Å². The molecule has 0 bridgehead atoms. The first-order chi connectivity index (χ1) is 7.68. The summed E-state index contributed by atoms with van der Waals surface area (Å²) in [5.41, 5.74) is 0. The highest BCUT2D eigenvalue weighted by Crippen LogP contribution is 2.17. The normalized spacial score (nSPS) is 33.9. The van der Waals surface area contributed by atoms with Gasteiger partial charge in [0.15, 0.2) is 0 Å². The molecule has 0 aromatic heterocycles. The lowest BCUT2D eigenvalue weighted by molar-refractivity contribution is -0.137. The largest absolute Gasteiger partial charge is 0.337 e. The van der Waals surface area contributed by atoms with Crippen molar-refractivity contribution < 1.29 is 4.79 Å². The summed E-state index contributed by atoms with van der Waals surface area (Å²) < 4.78 is 0. The Bertz CT molecular complexity index is 257. The van der Waals surface area contributed by atoms with Gasteiger partial charge in [0, 0.05) is 38.1 Å². The number of piperidine rings is 1. The van der Waals surface area contributed by atoms with Gasteiger partial charge in [0.25, 0.3) is 0 Å². The summed E-state index contributed by atoms with van der Waals surface area (Å²) in [4.78, 5) is 16.7. The number of hydrogen-bond donors (Lipinski definition) is 1. The zero-order valence-electron chi connectivity index (χ0n) is 10.4. The molecule has 2 fully saturated rings. The van der Waals surface area contributed by atoms with Crippen LogP contribution in [0.25, 0.3) is 0 Å². The Hall–Kier alpha value is -0.610. The van der Waals surface area contributed by atoms with Crippen LogP contribution in [0.4, 0.5) is 0 Å². The lowest BCUT2D eigenvalue weighted by atomic mass is 10.0. The second-order valence-electron chi connectivity index (χ2n) is 5.20. The van der Waals surface area contributed by atoms with E-state index in [2.05, 4.69) is 22.2 Å². The minimum absolute atomic E-state index is 0.134. The molecule has 0 aromatic carbocycles. The molecule has 2 atom stereocenters. The van der Waals surface area contributed by atoms with E-state index < -0.39 is 0 Å². The third kappa shape index (κ3) is 2.55. The molecule has 0 aromatic rings. The molecule has 0 saturated carbocycles. The van der Waals surface area contributed by atoms with Crippen molar-refractivity contribution in [3.63, 3.8) is 0 Å². The van der Waals surface area contributed by atoms with Gasteiger partial charge in [-0.3, -0.25) is 4.79 Å². The zero-order valence-corrected chi connectivity index (χ0v) is 10.4. The van der Waals surface area contributed by atoms with Gasteiger partial charge in [-0.25, -0.2) is 0 Å². The molecule has 0 spiro atoms. The van der Waals surface area contributed by atoms with E-state index in [1.165, 1.54) is 19.4 Å². The number of hydrogen-bond acceptors (Lipinski definition) is 3. The number of carbonyl (C=O) groups excluding carboxylic acids is 1. The van der Waals surface area contributed by atoms with E-state index in [9.17, 15) is 4.79 Å². The molecular weight excluding hydrogens is 202 g/mol. The number of carbonyl (C=O) groups is 1. The van der Waals surface area contributed by atoms with Gasteiger partial charge in [-0.15, -0.1) is 0 Å². The summed E-state index contributed by atoms with van der Waals surface area (Å²) in [6.07, 6.45) is 2.38. The Labute approximate surface area is 98.0 Å². The minimum atomic E-state index is 0.134. The molecule has 2 unspecified atom stereocenters. The van der Waals surface area contributed by atoms with Gasteiger partial charge in [-0.2, -0.15) is 0 Å². The van der Waals surface area contributed by atoms with E-state index >= 15 is 0 Å². The predicted molar refractivity (Wildman–Crippen MR) is 64.3 cm³/mol. The molecule has 2 aliphatic rings. The van der Waals surface area contributed by atoms with Crippen molar-refractivity contribution in [2.24, 2.45) is 5.92 Å². The second-order valence-corrected chi connectivity index (χ2v) is 5.20. The molecule has 16 heavy (non-hydrogen) atoms. The second kappa shape index (κ2) is 5.15. The van der Waals surface area contributed by atoms with Crippen LogP contribution in [0.15, 0.2) is 0 Å². The number of nitrogens with zero attached hydrogens (tertiary/aromatic N) is 2. The lowest BCUT2D eigenvalue weighted by Gasteiger charge is -2.38. The van der Waals surface area contributed by atoms with Gasteiger partial charge < -0.3 is 15.1 Å². The molecule has 1 N–H and O–H groups in total. The molecule has 0 radical (unpaired) electrons. The summed E-state index contributed by atoms with van der Waals surface area (Å²) in [6, 6.07) is 0.439. The first kappa shape index (κ1) is 11.9. The van der Waals surface area contributed by atoms with Gasteiger partial charge in [-0.1, -0.05) is 6.92 Å². The van der Waals surface area contributed by atoms with E-state index in [0.717, 1.165) is 26.2 Å². The molecule has 2 rings (SSSR count). The molecule has 4 nitrogen and oxygen atoms in total. The van der Waals surface area contributed by atoms with E-state index in [4.69, 9.17) is 0 Å². The van der Waals surface area contributed by atoms with Crippen molar-refractivity contribution in [2.45, 2.75) is 25.8 Å². The van der Waals surface area contributed by atoms with Crippen molar-refractivity contribution in [1.82, 2.24) is 15.1 Å². The van der Waals surface area contributed by atoms with Gasteiger partial charge in [0.2, 0.25) is 5.91 Å². The maximum absolute atomic E-state index is 12.2. The van der Waals surface area contributed by atoms with Crippen molar-refractivity contribution in [3.05, 3.63) is 0 Å². The first-order valence-electron chi connectivity index (χ1n) is 6.38. The van der Waals surface area contributed by atoms with Crippen LogP contribution in [0, 0.1) is 5.92 Å². The van der Waals surface area contributed by atoms with Crippen LogP contribution >= 0.6 is 0 Å². The number of rotatable bonds is 1. The Morgan fingerprint density at radius 1 is 1.38 bits per heavy atom. The summed E-state index contributed by atoms with van der Waals surface area (Å²) in [5, 5.41) is 3.33. The number of likely N-dealkylation sites (tertiary alicyclic amines) is 1. The highest BCUT2D eigenvalue weighted by Gasteiger charge is 2.30. The maximum Gasteiger partial charge on any atom is 0.227 e. The molecule has 1 amide bonds. The highest BCUT2D eigenvalue weighted by molar-refractivity contribution is 5.79. The van der Waals surface area contributed by atoms with Crippen LogP contribution in [-0.4, -0.2) is 61.5 Å². The number of amides is 1. The van der Waals surface area contributed by atoms with E-state index in [-0.39, 0.29) is 5.92 Å². The third-order valence-corrected chi connectivity index (χ3v) is 3.73. The van der Waals surface area contributed by atoms with Crippen LogP contribution in [0.1, 0.15) is 19.8 Å². The average molecular weight is 225 g/mol. The molecule has 2 aliphatic heterocycles. The molecule has 2 saturated heterocycles. The van der Waals surface area contributed by atoms with Crippen LogP contribution < -0.4 is 5.32 Å². The van der Waals surface area contributed by atoms with E-state index in [1.807, 2.05) is 6.92 Å². The number of nitrogens with one attached hydrogen (secondary N) is 1. The topological polar surface area (TPSA) is 35.6 Å². The smallest absolute Gasteiger partial charge is 0.227 e. The van der Waals surface area contributed by atoms with Gasteiger partial charge >= 0.3 is 0 Å². The fraction of sp³-hybridized carbons (Fsp3) is 0.917. The van der Waals surface area contributed by atoms with Crippen molar-refractivity contribution >= 4 is 5.91 Å². The van der Waals surface area contributed by atoms with Gasteiger partial charge in [0.1, 0.15) is 0 Å². The Morgan fingerprint density at radius 2 is 2.19 bits per heavy atom. The van der Waals surface area contributed by atoms with Crippen LogP contribution in [0.2, 0.25) is 0 Å². The molecule has 2 heterocycles. The van der Waals surface area contributed by atoms with E-state index in [1.54, 1.807) is 0 Å². The van der Waals surface area contributed by atoms with Crippen molar-refractivity contribution in [2.75, 3.05) is 39.8 Å². The standard InChI is InChI=1S/C12H23N3O/c1-10-8-13-5-7-15(12(10)16)11-4-3-6-14(2)9-11/h10-11,13H,3-9H2,1-2H3. The number of likely N-dealkylation sites (N-methyl/N-ethyl adjacent to an activating group) is 1. The van der Waals surface area contributed by atoms with E-state index in [0.29, 0.717) is 11.9 Å². The Kier molecular flexibility index (Phi) is 3.82. The summed E-state index contributed by atoms with van der Waals surface area (Å²) in [7, 11) is 2.15. The van der Waals surface area contributed by atoms with Crippen LogP contribution in [0.3, 0.4) is 0 Å². The Morgan fingerprint density at radius 3 is 2.94 bits per heavy atom. The quantitative estimate of drug-likeness (QED) is 0.690. The Balaban J connectivity index is 2.02. The summed E-state index contributed by atoms with van der Waals surface area (Å²) >= 11 is 0. The highest BCUT2D eigenvalue weighted by atomic mass is 16.2. The summed E-state index contributed by atoms with van der Waals surface area (Å²) in [6.45, 7) is 6.89. The van der Waals surface area contributed by atoms with Crippen LogP contribution in [0.5, 0.6) is 0 Å². The summed E-state index contributed by atoms with van der Waals surface area (Å²) in [5.74, 6) is 0.472. The molecule has 92 valence electrons. The SMILES string of the molecule is CC1CNCCN(C2CCCN(C)C2)C1=O.